The molecule has 0 spiro atoms. The van der Waals surface area contributed by atoms with Crippen molar-refractivity contribution in [3.05, 3.63) is 51.0 Å². The smallest absolute Gasteiger partial charge is 0.227 e. The van der Waals surface area contributed by atoms with Crippen molar-refractivity contribution in [3.63, 3.8) is 0 Å². The van der Waals surface area contributed by atoms with Gasteiger partial charge in [-0.3, -0.25) is 4.79 Å². The molecule has 0 atom stereocenters. The van der Waals surface area contributed by atoms with Gasteiger partial charge in [0, 0.05) is 33.9 Å². The Morgan fingerprint density at radius 1 is 1.39 bits per heavy atom. The second-order valence-electron chi connectivity index (χ2n) is 5.03. The van der Waals surface area contributed by atoms with Gasteiger partial charge in [-0.15, -0.1) is 0 Å². The fourth-order valence-electron chi connectivity index (χ4n) is 2.07. The van der Waals surface area contributed by atoms with Crippen LogP contribution in [0.2, 0.25) is 0 Å². The lowest BCUT2D eigenvalue weighted by Gasteiger charge is -2.07. The van der Waals surface area contributed by atoms with Crippen LogP contribution in [0.25, 0.3) is 11.4 Å². The van der Waals surface area contributed by atoms with Gasteiger partial charge in [0.1, 0.15) is 0 Å². The molecule has 0 saturated heterocycles. The molecule has 0 saturated carbocycles. The van der Waals surface area contributed by atoms with E-state index in [9.17, 15) is 4.79 Å². The number of amides is 1. The molecule has 5 nitrogen and oxygen atoms in total. The van der Waals surface area contributed by atoms with E-state index in [0.29, 0.717) is 24.6 Å². The Bertz CT molecular complexity index is 815. The van der Waals surface area contributed by atoms with Crippen LogP contribution in [0.15, 0.2) is 44.0 Å². The van der Waals surface area contributed by atoms with E-state index < -0.39 is 0 Å². The van der Waals surface area contributed by atoms with Crippen LogP contribution >= 0.6 is 27.3 Å². The lowest BCUT2D eigenvalue weighted by molar-refractivity contribution is -0.116. The molecule has 0 bridgehead atoms. The van der Waals surface area contributed by atoms with E-state index >= 15 is 0 Å². The monoisotopic (exact) mass is 391 g/mol. The number of rotatable bonds is 5. The second kappa shape index (κ2) is 7.06. The quantitative estimate of drug-likeness (QED) is 0.697. The normalized spacial score (nSPS) is 10.7. The number of aromatic nitrogens is 2. The number of anilines is 1. The minimum Gasteiger partial charge on any atom is -0.339 e. The second-order valence-corrected chi connectivity index (χ2v) is 6.73. The summed E-state index contributed by atoms with van der Waals surface area (Å²) in [4.78, 5) is 16.4. The van der Waals surface area contributed by atoms with Gasteiger partial charge >= 0.3 is 0 Å². The highest BCUT2D eigenvalue weighted by Crippen LogP contribution is 2.21. The van der Waals surface area contributed by atoms with E-state index in [-0.39, 0.29) is 5.91 Å². The summed E-state index contributed by atoms with van der Waals surface area (Å²) in [5.74, 6) is 0.949. The number of benzene rings is 1. The molecule has 118 valence electrons. The van der Waals surface area contributed by atoms with Gasteiger partial charge in [-0.1, -0.05) is 21.1 Å². The number of nitrogens with zero attached hydrogens (tertiary/aromatic N) is 2. The lowest BCUT2D eigenvalue weighted by Crippen LogP contribution is -2.13. The van der Waals surface area contributed by atoms with E-state index in [2.05, 4.69) is 31.4 Å². The summed E-state index contributed by atoms with van der Waals surface area (Å²) in [6.07, 6.45) is 0.708. The molecule has 3 aromatic rings. The first kappa shape index (κ1) is 15.9. The molecule has 2 heterocycles. The van der Waals surface area contributed by atoms with Crippen molar-refractivity contribution in [3.8, 4) is 11.4 Å². The summed E-state index contributed by atoms with van der Waals surface area (Å²) < 4.78 is 6.17. The molecule has 0 aliphatic rings. The number of hydrogen-bond acceptors (Lipinski definition) is 5. The third-order valence-corrected chi connectivity index (χ3v) is 4.45. The summed E-state index contributed by atoms with van der Waals surface area (Å²) >= 11 is 4.98. The maximum atomic E-state index is 12.0. The van der Waals surface area contributed by atoms with Gasteiger partial charge in [-0.25, -0.2) is 0 Å². The Hall–Kier alpha value is -1.99. The highest BCUT2D eigenvalue weighted by Gasteiger charge is 2.11. The first-order valence-corrected chi connectivity index (χ1v) is 8.76. The number of halogens is 1. The molecule has 0 unspecified atom stereocenters. The molecule has 0 fully saturated rings. The minimum atomic E-state index is -0.0781. The van der Waals surface area contributed by atoms with Crippen molar-refractivity contribution < 1.29 is 9.32 Å². The third kappa shape index (κ3) is 4.05. The Morgan fingerprint density at radius 3 is 3.00 bits per heavy atom. The Morgan fingerprint density at radius 2 is 2.26 bits per heavy atom. The van der Waals surface area contributed by atoms with E-state index in [4.69, 9.17) is 4.52 Å². The number of carbonyl (C=O) groups is 1. The number of carbonyl (C=O) groups excluding carboxylic acids is 1. The lowest BCUT2D eigenvalue weighted by atomic mass is 10.2. The number of thiophene rings is 1. The van der Waals surface area contributed by atoms with Crippen LogP contribution in [0.5, 0.6) is 0 Å². The fraction of sp³-hybridized carbons (Fsp3) is 0.188. The summed E-state index contributed by atoms with van der Waals surface area (Å²) in [6, 6.07) is 7.66. The van der Waals surface area contributed by atoms with Gasteiger partial charge in [-0.2, -0.15) is 16.3 Å². The molecule has 0 aliphatic heterocycles. The molecule has 1 aromatic carbocycles. The third-order valence-electron chi connectivity index (χ3n) is 3.28. The first-order valence-electron chi connectivity index (χ1n) is 7.03. The van der Waals surface area contributed by atoms with Gasteiger partial charge in [0.2, 0.25) is 17.6 Å². The average molecular weight is 392 g/mol. The van der Waals surface area contributed by atoms with Crippen molar-refractivity contribution in [1.82, 2.24) is 10.1 Å². The van der Waals surface area contributed by atoms with Crippen LogP contribution < -0.4 is 5.32 Å². The Labute approximate surface area is 145 Å². The van der Waals surface area contributed by atoms with Crippen molar-refractivity contribution >= 4 is 38.9 Å². The summed E-state index contributed by atoms with van der Waals surface area (Å²) in [5, 5.41) is 10.7. The van der Waals surface area contributed by atoms with Crippen LogP contribution in [0, 0.1) is 6.92 Å². The van der Waals surface area contributed by atoms with Gasteiger partial charge in [-0.05, 0) is 42.1 Å². The van der Waals surface area contributed by atoms with Crippen molar-refractivity contribution in [2.75, 3.05) is 5.32 Å². The van der Waals surface area contributed by atoms with Crippen LogP contribution in [-0.4, -0.2) is 16.0 Å². The maximum Gasteiger partial charge on any atom is 0.227 e. The molecule has 1 amide bonds. The molecular weight excluding hydrogens is 378 g/mol. The van der Waals surface area contributed by atoms with Crippen LogP contribution in [0.3, 0.4) is 0 Å². The Kier molecular flexibility index (Phi) is 4.88. The van der Waals surface area contributed by atoms with Crippen molar-refractivity contribution in [1.29, 1.82) is 0 Å². The zero-order chi connectivity index (χ0) is 16.2. The predicted octanol–water partition coefficient (Wildman–Crippen LogP) is 4.44. The zero-order valence-electron chi connectivity index (χ0n) is 12.4. The summed E-state index contributed by atoms with van der Waals surface area (Å²) in [7, 11) is 0. The average Bonchev–Trinajstić information content (AvgIpc) is 3.18. The van der Waals surface area contributed by atoms with Gasteiger partial charge in [0.05, 0.1) is 0 Å². The summed E-state index contributed by atoms with van der Waals surface area (Å²) in [6.45, 7) is 1.95. The molecule has 1 N–H and O–H groups in total. The van der Waals surface area contributed by atoms with E-state index in [1.165, 1.54) is 0 Å². The molecule has 3 rings (SSSR count). The molecule has 2 aromatic heterocycles. The van der Waals surface area contributed by atoms with Crippen molar-refractivity contribution in [2.45, 2.75) is 19.8 Å². The topological polar surface area (TPSA) is 68.0 Å². The predicted molar refractivity (Wildman–Crippen MR) is 93.4 cm³/mol. The van der Waals surface area contributed by atoms with Gasteiger partial charge in [0.25, 0.3) is 0 Å². The maximum absolute atomic E-state index is 12.0. The SMILES string of the molecule is Cc1cc(Br)ccc1NC(=O)CCc1nc(-c2ccsc2)no1. The van der Waals surface area contributed by atoms with Gasteiger partial charge in [0.15, 0.2) is 0 Å². The van der Waals surface area contributed by atoms with E-state index in [0.717, 1.165) is 21.3 Å². The van der Waals surface area contributed by atoms with Crippen LogP contribution in [-0.2, 0) is 11.2 Å². The van der Waals surface area contributed by atoms with Crippen molar-refractivity contribution in [2.24, 2.45) is 0 Å². The first-order chi connectivity index (χ1) is 11.1. The molecule has 0 radical (unpaired) electrons. The molecule has 23 heavy (non-hydrogen) atoms. The highest BCUT2D eigenvalue weighted by atomic mass is 79.9. The number of nitrogens with one attached hydrogen (secondary N) is 1. The molecule has 7 heteroatoms. The van der Waals surface area contributed by atoms with Gasteiger partial charge < -0.3 is 9.84 Å². The standard InChI is InChI=1S/C16H14BrN3O2S/c1-10-8-12(17)2-3-13(10)18-14(21)4-5-15-19-16(20-22-15)11-6-7-23-9-11/h2-3,6-9H,4-5H2,1H3,(H,18,21). The largest absolute Gasteiger partial charge is 0.339 e. The van der Waals surface area contributed by atoms with E-state index in [1.54, 1.807) is 11.3 Å². The van der Waals surface area contributed by atoms with Crippen LogP contribution in [0.1, 0.15) is 17.9 Å². The van der Waals surface area contributed by atoms with Crippen LogP contribution in [0.4, 0.5) is 5.69 Å². The number of aryl methyl sites for hydroxylation is 2. The summed E-state index contributed by atoms with van der Waals surface area (Å²) in [5.41, 5.74) is 2.74. The van der Waals surface area contributed by atoms with E-state index in [1.807, 2.05) is 41.9 Å². The minimum absolute atomic E-state index is 0.0781. The fourth-order valence-corrected chi connectivity index (χ4v) is 3.18. The molecular formula is C16H14BrN3O2S. The zero-order valence-corrected chi connectivity index (χ0v) is 14.8. The number of hydrogen-bond donors (Lipinski definition) is 1. The molecule has 0 aliphatic carbocycles. The Balaban J connectivity index is 1.57. The highest BCUT2D eigenvalue weighted by molar-refractivity contribution is 9.10.